The molecule has 4 unspecified atom stereocenters. The first kappa shape index (κ1) is 25.4. The fourth-order valence-electron chi connectivity index (χ4n) is 1.54. The third-order valence-electron chi connectivity index (χ3n) is 2.53. The summed E-state index contributed by atoms with van der Waals surface area (Å²) in [7, 11) is -16.8. The van der Waals surface area contributed by atoms with Gasteiger partial charge in [-0.2, -0.15) is 13.6 Å². The van der Waals surface area contributed by atoms with Gasteiger partial charge in [0, 0.05) is 6.20 Å². The molecule has 0 bridgehead atoms. The third-order valence-corrected chi connectivity index (χ3v) is 6.33. The second kappa shape index (κ2) is 9.93. The number of carbonyl (C=O) groups is 2. The molecule has 17 nitrogen and oxygen atoms in total. The molecule has 1 rings (SSSR count). The van der Waals surface area contributed by atoms with Crippen molar-refractivity contribution in [3.63, 3.8) is 0 Å². The number of carbonyl (C=O) groups excluding carboxylic acids is 2. The monoisotopic (exact) mass is 481 g/mol. The van der Waals surface area contributed by atoms with Crippen molar-refractivity contribution in [1.29, 1.82) is 0 Å². The summed E-state index contributed by atoms with van der Waals surface area (Å²) in [6.07, 6.45) is -2.47. The molecule has 0 aliphatic rings. The summed E-state index contributed by atoms with van der Waals surface area (Å²) >= 11 is 0. The van der Waals surface area contributed by atoms with E-state index in [1.54, 1.807) is 0 Å². The molecule has 20 heteroatoms. The predicted octanol–water partition coefficient (Wildman–Crippen LogP) is -1.55. The van der Waals surface area contributed by atoms with Gasteiger partial charge >= 0.3 is 29.2 Å². The predicted molar refractivity (Wildman–Crippen MR) is 88.8 cm³/mol. The first-order chi connectivity index (χ1) is 13.2. The summed E-state index contributed by atoms with van der Waals surface area (Å²) in [6, 6.07) is 1.13. The van der Waals surface area contributed by atoms with Gasteiger partial charge in [-0.1, -0.05) is 0 Å². The van der Waals surface area contributed by atoms with Crippen LogP contribution in [0.1, 0.15) is 6.23 Å². The van der Waals surface area contributed by atoms with Crippen LogP contribution >= 0.6 is 23.5 Å². The number of phosphoric ester groups is 1. The SMILES string of the molecule is Nc1ccn(C(C=O)OC(C=O)COP(=O)(O)OP(=O)(O)OP(=O)(O)O)c(=O)n1. The Hall–Kier alpha value is -1.61. The fraction of sp³-hybridized carbons (Fsp3) is 0.333. The number of phosphoric acid groups is 3. The van der Waals surface area contributed by atoms with E-state index in [1.807, 2.05) is 0 Å². The zero-order valence-electron chi connectivity index (χ0n) is 13.9. The van der Waals surface area contributed by atoms with E-state index >= 15 is 0 Å². The van der Waals surface area contributed by atoms with Crippen LogP contribution in [0.4, 0.5) is 5.82 Å². The first-order valence-corrected chi connectivity index (χ1v) is 11.4. The number of nitrogens with zero attached hydrogens (tertiary/aromatic N) is 2. The first-order valence-electron chi connectivity index (χ1n) is 6.87. The van der Waals surface area contributed by atoms with Crippen LogP contribution in [0.15, 0.2) is 17.1 Å². The maximum atomic E-state index is 11.7. The van der Waals surface area contributed by atoms with Crippen LogP contribution in [0, 0.1) is 0 Å². The summed E-state index contributed by atoms with van der Waals surface area (Å²) in [5.74, 6) is -0.171. The lowest BCUT2D eigenvalue weighted by molar-refractivity contribution is -0.139. The Morgan fingerprint density at radius 2 is 1.72 bits per heavy atom. The molecular formula is C9H14N3O14P3. The molecule has 0 aliphatic carbocycles. The molecule has 6 N–H and O–H groups in total. The number of nitrogens with two attached hydrogens (primary N) is 1. The molecule has 0 aliphatic heterocycles. The van der Waals surface area contributed by atoms with Gasteiger partial charge < -0.3 is 34.8 Å². The van der Waals surface area contributed by atoms with Crippen molar-refractivity contribution in [3.8, 4) is 0 Å². The van der Waals surface area contributed by atoms with Crippen molar-refractivity contribution in [3.05, 3.63) is 22.7 Å². The number of ether oxygens (including phenoxy) is 1. The Balaban J connectivity index is 2.81. The fourth-order valence-corrected chi connectivity index (χ4v) is 4.57. The van der Waals surface area contributed by atoms with Crippen LogP contribution in [0.25, 0.3) is 0 Å². The van der Waals surface area contributed by atoms with Gasteiger partial charge in [0.15, 0.2) is 18.8 Å². The molecule has 4 atom stereocenters. The summed E-state index contributed by atoms with van der Waals surface area (Å²) in [4.78, 5) is 72.2. The number of rotatable bonds is 12. The minimum atomic E-state index is -5.75. The molecule has 29 heavy (non-hydrogen) atoms. The van der Waals surface area contributed by atoms with Crippen LogP contribution in [-0.4, -0.2) is 54.4 Å². The Morgan fingerprint density at radius 1 is 1.10 bits per heavy atom. The lowest BCUT2D eigenvalue weighted by atomic mass is 10.4. The quantitative estimate of drug-likeness (QED) is 0.167. The van der Waals surface area contributed by atoms with Gasteiger partial charge in [0.2, 0.25) is 0 Å². The molecule has 1 heterocycles. The van der Waals surface area contributed by atoms with Crippen LogP contribution < -0.4 is 11.4 Å². The van der Waals surface area contributed by atoms with Crippen molar-refractivity contribution in [2.24, 2.45) is 0 Å². The summed E-state index contributed by atoms with van der Waals surface area (Å²) in [6.45, 7) is -1.16. The van der Waals surface area contributed by atoms with E-state index in [-0.39, 0.29) is 18.4 Å². The maximum absolute atomic E-state index is 11.7. The van der Waals surface area contributed by atoms with Gasteiger partial charge in [0.25, 0.3) is 0 Å². The normalized spacial score (nSPS) is 18.2. The van der Waals surface area contributed by atoms with Gasteiger partial charge in [0.05, 0.1) is 6.61 Å². The number of hydrogen-bond donors (Lipinski definition) is 5. The zero-order chi connectivity index (χ0) is 22.5. The van der Waals surface area contributed by atoms with Crippen molar-refractivity contribution in [2.45, 2.75) is 12.3 Å². The number of aldehydes is 2. The highest BCUT2D eigenvalue weighted by molar-refractivity contribution is 7.66. The summed E-state index contributed by atoms with van der Waals surface area (Å²) < 4.78 is 49.9. The molecule has 0 aromatic carbocycles. The molecule has 1 aromatic heterocycles. The van der Waals surface area contributed by atoms with Crippen molar-refractivity contribution in [1.82, 2.24) is 9.55 Å². The number of anilines is 1. The second-order valence-corrected chi connectivity index (χ2v) is 9.19. The van der Waals surface area contributed by atoms with E-state index < -0.39 is 48.1 Å². The largest absolute Gasteiger partial charge is 0.490 e. The smallest absolute Gasteiger partial charge is 0.383 e. The molecule has 164 valence electrons. The van der Waals surface area contributed by atoms with E-state index in [2.05, 4.69) is 18.1 Å². The molecule has 0 saturated carbocycles. The van der Waals surface area contributed by atoms with E-state index in [0.29, 0.717) is 4.57 Å². The number of hydrogen-bond acceptors (Lipinski definition) is 12. The lowest BCUT2D eigenvalue weighted by Crippen LogP contribution is -2.33. The average molecular weight is 481 g/mol. The van der Waals surface area contributed by atoms with Crippen LogP contribution in [-0.2, 0) is 41.2 Å². The maximum Gasteiger partial charge on any atom is 0.490 e. The minimum Gasteiger partial charge on any atom is -0.383 e. The molecule has 0 fully saturated rings. The second-order valence-electron chi connectivity index (χ2n) is 4.77. The Kier molecular flexibility index (Phi) is 8.71. The van der Waals surface area contributed by atoms with E-state index in [4.69, 9.17) is 25.2 Å². The molecule has 1 aromatic rings. The molecule has 0 spiro atoms. The summed E-state index contributed by atoms with van der Waals surface area (Å²) in [5, 5.41) is 0. The average Bonchev–Trinajstić information content (AvgIpc) is 2.52. The van der Waals surface area contributed by atoms with Gasteiger partial charge in [0.1, 0.15) is 11.9 Å². The Labute approximate surface area is 160 Å². The highest BCUT2D eigenvalue weighted by Gasteiger charge is 2.41. The van der Waals surface area contributed by atoms with Crippen LogP contribution in [0.5, 0.6) is 0 Å². The Bertz CT molecular complexity index is 942. The zero-order valence-corrected chi connectivity index (χ0v) is 16.5. The summed E-state index contributed by atoms with van der Waals surface area (Å²) in [5.41, 5.74) is 4.25. The van der Waals surface area contributed by atoms with Crippen LogP contribution in [0.3, 0.4) is 0 Å². The van der Waals surface area contributed by atoms with Gasteiger partial charge in [-0.3, -0.25) is 13.9 Å². The van der Waals surface area contributed by atoms with E-state index in [9.17, 15) is 33.0 Å². The Morgan fingerprint density at radius 3 is 2.21 bits per heavy atom. The molecule has 0 radical (unpaired) electrons. The topological polar surface area (TPSA) is 264 Å². The highest BCUT2D eigenvalue weighted by Crippen LogP contribution is 2.66. The van der Waals surface area contributed by atoms with Gasteiger partial charge in [-0.05, 0) is 6.07 Å². The standard InChI is InChI=1S/C9H14N3O14P3/c10-7-1-2-12(9(15)11-7)8(4-14)24-6(3-13)5-23-28(19,20)26-29(21,22)25-27(16,17)18/h1-4,6,8H,5H2,(H,19,20)(H,21,22)(H2,10,11,15)(H2,16,17,18). The molecular weight excluding hydrogens is 467 g/mol. The minimum absolute atomic E-state index is 0.0169. The van der Waals surface area contributed by atoms with Gasteiger partial charge in [-0.25, -0.2) is 18.5 Å². The third kappa shape index (κ3) is 9.16. The number of nitrogen functional groups attached to an aromatic ring is 1. The highest BCUT2D eigenvalue weighted by atomic mass is 31.3. The van der Waals surface area contributed by atoms with Crippen molar-refractivity contribution < 1.29 is 60.7 Å². The number of aromatic nitrogens is 2. The molecule has 0 amide bonds. The lowest BCUT2D eigenvalue weighted by Gasteiger charge is -2.20. The van der Waals surface area contributed by atoms with Crippen LogP contribution in [0.2, 0.25) is 0 Å². The van der Waals surface area contributed by atoms with Crippen molar-refractivity contribution >= 4 is 41.9 Å². The van der Waals surface area contributed by atoms with E-state index in [0.717, 1.165) is 12.3 Å². The van der Waals surface area contributed by atoms with Gasteiger partial charge in [-0.15, -0.1) is 0 Å². The molecule has 0 saturated heterocycles. The van der Waals surface area contributed by atoms with Crippen molar-refractivity contribution in [2.75, 3.05) is 12.3 Å². The van der Waals surface area contributed by atoms with E-state index in [1.165, 1.54) is 0 Å².